The molecule has 0 atom stereocenters. The van der Waals surface area contributed by atoms with Crippen molar-refractivity contribution in [2.24, 2.45) is 0 Å². The Morgan fingerprint density at radius 3 is 2.21 bits per heavy atom. The standard InChI is InChI=1S/C9H12Cl3OP/c1-7-4-5-8(2)9(6-7)13-14(3,10,11)12/h4-6H,1-3H3. The molecule has 1 aromatic rings. The normalized spacial score (nSPS) is 14.6. The molecule has 0 fully saturated rings. The van der Waals surface area contributed by atoms with Gasteiger partial charge in [0.1, 0.15) is 0 Å². The number of benzene rings is 1. The van der Waals surface area contributed by atoms with Crippen LogP contribution in [-0.2, 0) is 0 Å². The molecule has 0 saturated heterocycles. The molecule has 0 heterocycles. The van der Waals surface area contributed by atoms with Crippen molar-refractivity contribution < 1.29 is 4.52 Å². The minimum absolute atomic E-state index is 0.644. The van der Waals surface area contributed by atoms with Gasteiger partial charge in [0, 0.05) is 0 Å². The molecular formula is C9H12Cl3OP. The van der Waals surface area contributed by atoms with Crippen LogP contribution >= 0.6 is 38.6 Å². The van der Waals surface area contributed by atoms with E-state index in [0.29, 0.717) is 5.75 Å². The zero-order valence-electron chi connectivity index (χ0n) is 8.22. The average Bonchev–Trinajstić information content (AvgIpc) is 1.92. The Morgan fingerprint density at radius 1 is 1.14 bits per heavy atom. The number of hydrogen-bond acceptors (Lipinski definition) is 1. The Kier molecular flexibility index (Phi) is 3.29. The van der Waals surface area contributed by atoms with Crippen LogP contribution in [0.3, 0.4) is 0 Å². The van der Waals surface area contributed by atoms with Gasteiger partial charge in [-0.25, -0.2) is 0 Å². The maximum atomic E-state index is 5.89. The molecule has 0 aliphatic carbocycles. The molecule has 1 nitrogen and oxygen atoms in total. The van der Waals surface area contributed by atoms with Crippen molar-refractivity contribution in [3.05, 3.63) is 29.3 Å². The molecule has 0 unspecified atom stereocenters. The molecule has 0 amide bonds. The van der Waals surface area contributed by atoms with E-state index in [9.17, 15) is 0 Å². The summed E-state index contributed by atoms with van der Waals surface area (Å²) >= 11 is 17.7. The van der Waals surface area contributed by atoms with E-state index in [1.54, 1.807) is 0 Å². The van der Waals surface area contributed by atoms with E-state index >= 15 is 0 Å². The minimum atomic E-state index is -3.50. The summed E-state index contributed by atoms with van der Waals surface area (Å²) in [6, 6.07) is 5.80. The van der Waals surface area contributed by atoms with Crippen molar-refractivity contribution in [2.45, 2.75) is 13.8 Å². The average molecular weight is 274 g/mol. The summed E-state index contributed by atoms with van der Waals surface area (Å²) in [6.45, 7) is 5.40. The van der Waals surface area contributed by atoms with Crippen LogP contribution in [0.2, 0.25) is 0 Å². The summed E-state index contributed by atoms with van der Waals surface area (Å²) in [6.07, 6.45) is 0. The Hall–Kier alpha value is 0.320. The zero-order valence-corrected chi connectivity index (χ0v) is 11.4. The summed E-state index contributed by atoms with van der Waals surface area (Å²) in [7, 11) is 0. The molecule has 0 spiro atoms. The van der Waals surface area contributed by atoms with Crippen LogP contribution in [0, 0.1) is 13.8 Å². The molecule has 1 aromatic carbocycles. The SMILES string of the molecule is Cc1ccc(C)c(OP(C)(Cl)(Cl)Cl)c1. The third-order valence-corrected chi connectivity index (χ3v) is 2.84. The van der Waals surface area contributed by atoms with Crippen molar-refractivity contribution in [3.63, 3.8) is 0 Å². The maximum absolute atomic E-state index is 5.89. The van der Waals surface area contributed by atoms with Gasteiger partial charge in [0.25, 0.3) is 0 Å². The van der Waals surface area contributed by atoms with Gasteiger partial charge in [-0.3, -0.25) is 0 Å². The second-order valence-corrected chi connectivity index (χ2v) is 14.7. The summed E-state index contributed by atoms with van der Waals surface area (Å²) in [5, 5.41) is 0. The Balaban J connectivity index is 3.04. The summed E-state index contributed by atoms with van der Waals surface area (Å²) in [4.78, 5) is -3.50. The first-order valence-corrected chi connectivity index (χ1v) is 9.40. The van der Waals surface area contributed by atoms with Crippen LogP contribution in [0.1, 0.15) is 11.1 Å². The molecule has 0 N–H and O–H groups in total. The summed E-state index contributed by atoms with van der Waals surface area (Å²) in [5.74, 6) is 0.644. The van der Waals surface area contributed by atoms with E-state index < -0.39 is 4.89 Å². The van der Waals surface area contributed by atoms with Crippen LogP contribution in [-0.4, -0.2) is 6.66 Å². The Labute approximate surface area is 98.7 Å². The number of hydrogen-bond donors (Lipinski definition) is 0. The third kappa shape index (κ3) is 4.23. The Bertz CT molecular complexity index is 348. The first-order chi connectivity index (χ1) is 6.13. The Morgan fingerprint density at radius 2 is 1.71 bits per heavy atom. The zero-order chi connectivity index (χ0) is 11.0. The van der Waals surface area contributed by atoms with Crippen LogP contribution in [0.25, 0.3) is 0 Å². The van der Waals surface area contributed by atoms with Crippen molar-refractivity contribution in [1.82, 2.24) is 0 Å². The second kappa shape index (κ2) is 3.72. The second-order valence-electron chi connectivity index (χ2n) is 3.45. The van der Waals surface area contributed by atoms with Crippen molar-refractivity contribution >= 4 is 38.6 Å². The molecular weight excluding hydrogens is 261 g/mol. The molecule has 0 aliphatic heterocycles. The fraction of sp³-hybridized carbons (Fsp3) is 0.333. The number of aryl methyl sites for hydroxylation is 2. The van der Waals surface area contributed by atoms with Crippen molar-refractivity contribution in [1.29, 1.82) is 0 Å². The molecule has 1 rings (SSSR count). The van der Waals surface area contributed by atoms with Gasteiger partial charge in [0.05, 0.1) is 0 Å². The van der Waals surface area contributed by atoms with Gasteiger partial charge in [-0.15, -0.1) is 0 Å². The molecule has 0 radical (unpaired) electrons. The van der Waals surface area contributed by atoms with E-state index in [4.69, 9.17) is 38.2 Å². The van der Waals surface area contributed by atoms with Crippen LogP contribution in [0.4, 0.5) is 0 Å². The quantitative estimate of drug-likeness (QED) is 0.669. The first-order valence-electron chi connectivity index (χ1n) is 4.08. The van der Waals surface area contributed by atoms with Gasteiger partial charge in [-0.2, -0.15) is 0 Å². The predicted octanol–water partition coefficient (Wildman–Crippen LogP) is 5.24. The molecule has 5 heteroatoms. The first kappa shape index (κ1) is 12.4. The van der Waals surface area contributed by atoms with E-state index in [1.165, 1.54) is 6.66 Å². The van der Waals surface area contributed by atoms with Crippen LogP contribution in [0.15, 0.2) is 18.2 Å². The summed E-state index contributed by atoms with van der Waals surface area (Å²) < 4.78 is 5.43. The molecule has 80 valence electrons. The molecule has 0 aliphatic rings. The van der Waals surface area contributed by atoms with E-state index in [1.807, 2.05) is 32.0 Å². The van der Waals surface area contributed by atoms with E-state index in [-0.39, 0.29) is 0 Å². The van der Waals surface area contributed by atoms with Crippen LogP contribution in [0.5, 0.6) is 5.75 Å². The fourth-order valence-electron chi connectivity index (χ4n) is 1.02. The predicted molar refractivity (Wildman–Crippen MR) is 66.9 cm³/mol. The fourth-order valence-corrected chi connectivity index (χ4v) is 2.30. The van der Waals surface area contributed by atoms with Crippen molar-refractivity contribution in [2.75, 3.05) is 6.66 Å². The third-order valence-electron chi connectivity index (χ3n) is 1.64. The van der Waals surface area contributed by atoms with Gasteiger partial charge < -0.3 is 0 Å². The van der Waals surface area contributed by atoms with Crippen molar-refractivity contribution in [3.8, 4) is 5.75 Å². The summed E-state index contributed by atoms with van der Waals surface area (Å²) in [5.41, 5.74) is 2.05. The molecule has 0 saturated carbocycles. The van der Waals surface area contributed by atoms with Gasteiger partial charge >= 0.3 is 98.7 Å². The molecule has 0 bridgehead atoms. The van der Waals surface area contributed by atoms with Gasteiger partial charge in [0.15, 0.2) is 0 Å². The monoisotopic (exact) mass is 272 g/mol. The van der Waals surface area contributed by atoms with Gasteiger partial charge in [-0.05, 0) is 0 Å². The van der Waals surface area contributed by atoms with Gasteiger partial charge in [0.2, 0.25) is 0 Å². The van der Waals surface area contributed by atoms with E-state index in [0.717, 1.165) is 11.1 Å². The number of halogens is 3. The molecule has 0 aromatic heterocycles. The van der Waals surface area contributed by atoms with Gasteiger partial charge in [-0.1, -0.05) is 0 Å². The van der Waals surface area contributed by atoms with E-state index in [2.05, 4.69) is 0 Å². The topological polar surface area (TPSA) is 9.23 Å². The molecule has 14 heavy (non-hydrogen) atoms. The number of rotatable bonds is 2. The van der Waals surface area contributed by atoms with Crippen LogP contribution < -0.4 is 4.52 Å².